The highest BCUT2D eigenvalue weighted by Gasteiger charge is 2.37. The Hall–Kier alpha value is -9.57. The number of imidazole rings is 1. The van der Waals surface area contributed by atoms with Gasteiger partial charge in [-0.05, 0) is 360 Å². The Kier molecular flexibility index (Phi) is 59.3. The molecule has 38 heteroatoms. The van der Waals surface area contributed by atoms with Gasteiger partial charge in [-0.2, -0.15) is 20.4 Å². The minimum atomic E-state index is -3.14. The lowest BCUT2D eigenvalue weighted by molar-refractivity contribution is -0.143. The number of esters is 1. The van der Waals surface area contributed by atoms with E-state index in [4.69, 9.17) is 0 Å². The number of aromatic amines is 5. The van der Waals surface area contributed by atoms with E-state index in [1.165, 1.54) is 31.0 Å². The summed E-state index contributed by atoms with van der Waals surface area (Å²) in [6.07, 6.45) is 11.0. The van der Waals surface area contributed by atoms with Crippen LogP contribution >= 0.6 is 0 Å². The molecule has 5 heterocycles. The van der Waals surface area contributed by atoms with Crippen molar-refractivity contribution in [3.05, 3.63) is 102 Å². The molecule has 2 aliphatic rings. The summed E-state index contributed by atoms with van der Waals surface area (Å²) >= 11 is 0. The topological polar surface area (TPSA) is 501 Å². The highest BCUT2D eigenvalue weighted by molar-refractivity contribution is 7.93. The third-order valence-corrected chi connectivity index (χ3v) is 20.5. The summed E-state index contributed by atoms with van der Waals surface area (Å²) in [5.74, 6) is 5.04. The Morgan fingerprint density at radius 2 is 0.965 bits per heavy atom. The van der Waals surface area contributed by atoms with Crippen molar-refractivity contribution in [1.82, 2.24) is 118 Å². The number of Topliss-reactive ketones (excluding diaryl/α,β-unsaturated/α-hetero) is 4. The zero-order valence-corrected chi connectivity index (χ0v) is 97.7. The van der Waals surface area contributed by atoms with Crippen LogP contribution < -0.4 is 63.8 Å². The van der Waals surface area contributed by atoms with Crippen molar-refractivity contribution in [3.8, 4) is 0 Å². The van der Waals surface area contributed by atoms with E-state index in [2.05, 4.69) is 363 Å². The maximum Gasteiger partial charge on any atom is 0.322 e. The third kappa shape index (κ3) is 81.8. The fourth-order valence-corrected chi connectivity index (χ4v) is 12.9. The second kappa shape index (κ2) is 61.7. The van der Waals surface area contributed by atoms with Gasteiger partial charge in [-0.25, -0.2) is 28.5 Å². The molecule has 814 valence electrons. The lowest BCUT2D eigenvalue weighted by Gasteiger charge is -2.39. The van der Waals surface area contributed by atoms with Crippen LogP contribution in [0.15, 0.2) is 73.6 Å². The first-order valence-electron chi connectivity index (χ1n) is 49.2. The predicted molar refractivity (Wildman–Crippen MR) is 586 cm³/mol. The average molecular weight is 2020 g/mol. The molecule has 0 saturated heterocycles. The summed E-state index contributed by atoms with van der Waals surface area (Å²) in [5, 5.41) is 71.9. The van der Waals surface area contributed by atoms with Crippen LogP contribution in [0.4, 0.5) is 29.2 Å². The highest BCUT2D eigenvalue weighted by Crippen LogP contribution is 2.31. The largest absolute Gasteiger partial charge is 0.468 e. The number of hydrogen-bond donors (Lipinski definition) is 17. The van der Waals surface area contributed by atoms with Crippen LogP contribution in [0.5, 0.6) is 0 Å². The molecule has 2 saturated carbocycles. The molecule has 2 atom stereocenters. The molecular weight excluding hydrogens is 1820 g/mol. The van der Waals surface area contributed by atoms with Crippen LogP contribution in [-0.4, -0.2) is 261 Å². The van der Waals surface area contributed by atoms with Crippen molar-refractivity contribution in [2.24, 2.45) is 11.3 Å². The number of methoxy groups -OCH3 is 1. The molecular formula is C104H198N28O9S. The van der Waals surface area contributed by atoms with Gasteiger partial charge in [0.25, 0.3) is 0 Å². The van der Waals surface area contributed by atoms with E-state index in [1.54, 1.807) is 59.1 Å². The van der Waals surface area contributed by atoms with Gasteiger partial charge < -0.3 is 73.1 Å². The van der Waals surface area contributed by atoms with Crippen molar-refractivity contribution >= 4 is 74.1 Å². The van der Waals surface area contributed by atoms with Crippen molar-refractivity contribution in [2.45, 2.75) is 440 Å². The van der Waals surface area contributed by atoms with Gasteiger partial charge in [-0.1, -0.05) is 36.8 Å². The zero-order valence-electron chi connectivity index (χ0n) is 96.9. The van der Waals surface area contributed by atoms with Crippen LogP contribution in [0, 0.1) is 25.2 Å². The SMILES string of the molecule is CC(=O)C(C)(C)CNC(C)(C)C.CC(=O)C1CC(NC(C)(C)C)C1.CC(=O)c1ccc(NC(C)(C)C)cc1.CC(C)(C)NCC(=O)CS(=O)(=O)C1CC1.CC(C)(C)NCCc1ncn[nH]1.CC(C)(C)NCc1nn[nH]n1.CC(C)(C)Nc1ncc[nH]1.CC(C)(C)Nc1ncn[nH]1.CC(NC(C)(C)C)C(=O)N(C)C.COC(=O)C(C)NC(C)(C)C.Cc1ccc(NC(C)(C)C)cc1.Cc1nc(NC(C)(C)C)n[nH]1. The second-order valence-electron chi connectivity index (χ2n) is 49.2. The smallest absolute Gasteiger partial charge is 0.322 e. The number of ether oxygens (including phenoxy) is 1. The van der Waals surface area contributed by atoms with Gasteiger partial charge in [-0.15, -0.1) is 15.3 Å². The number of likely N-dealkylation sites (N-methyl/N-ethyl adjacent to an activating group) is 1. The first-order valence-corrected chi connectivity index (χ1v) is 51.0. The normalized spacial score (nSPS) is 14.3. The van der Waals surface area contributed by atoms with Gasteiger partial charge >= 0.3 is 5.97 Å². The number of hydrogen-bond acceptors (Lipinski definition) is 31. The van der Waals surface area contributed by atoms with E-state index in [0.29, 0.717) is 42.0 Å². The zero-order chi connectivity index (χ0) is 111. The summed E-state index contributed by atoms with van der Waals surface area (Å²) in [4.78, 5) is 87.4. The number of nitrogens with one attached hydrogen (secondary N) is 17. The molecule has 7 aromatic rings. The Balaban J connectivity index is -0.00000149. The number of sulfone groups is 1. The number of nitrogens with zero attached hydrogens (tertiary/aromatic N) is 11. The molecule has 5 aromatic heterocycles. The predicted octanol–water partition coefficient (Wildman–Crippen LogP) is 17.1. The van der Waals surface area contributed by atoms with E-state index in [9.17, 15) is 37.2 Å². The standard InChI is InChI=1S/C12H17NO.C11H17N.C10H19NO3S.C10H19NO.C10H21NO.C9H20N2O.C8H16N4.C8H17NO2.C7H14N4.C7H13N3.C6H13N5.C6H12N4/c1-9(14)10-5-7-11(8-6-10)13-12(2,3)4;1-9-5-7-10(8-6-9)12-11(2,3)4;1-10(2,3)11-6-8(12)7-15(13,14)9-4-5-9;1-7(12)8-5-9(6-8)11-10(2,3)4;1-8(12)10(5,6)7-11-9(2,3)4;1-7(8(12)11(5)6)10-9(2,3)4;1-8(2,3)10-5-4-7-9-6-11-12-7;1-6(7(10)11-5)9-8(2,3)4;1-5-8-6(11-10-5)9-7(2,3)4;1-7(2,3)10-6-8-4-5-9-6;1-6(2,3)7-4-5-8-10-11-9-5;1-6(2,3)9-5-7-4-8-10-5/h5-8,13H,1-4H3;5-8,12H,1-4H3;9,11H,4-7H2,1-3H3;8-9,11H,5-6H2,1-4H3;11H,7H2,1-6H3;7,10H,1-6H3;6,10H,4-5H2,1-3H3,(H,9,11,12);6,9H,1-5H3;1-4H3,(H2,8,9,10,11);4-5H,1-3H3,(H2,8,9,10);7H,4H2,1-3H3,(H,8,9,10,11);4H,1-3H3,(H2,7,8,9,10). The molecule has 2 unspecified atom stereocenters. The quantitative estimate of drug-likeness (QED) is 0.0187. The third-order valence-electron chi connectivity index (χ3n) is 18.3. The van der Waals surface area contributed by atoms with E-state index in [0.717, 1.165) is 74.0 Å². The van der Waals surface area contributed by atoms with E-state index < -0.39 is 9.84 Å². The Bertz CT molecular complexity index is 4630. The van der Waals surface area contributed by atoms with Crippen LogP contribution in [0.1, 0.15) is 357 Å². The maximum absolute atomic E-state index is 11.5. The molecule has 0 aliphatic heterocycles. The highest BCUT2D eigenvalue weighted by atomic mass is 32.2. The lowest BCUT2D eigenvalue weighted by atomic mass is 9.77. The molecule has 2 fully saturated rings. The maximum atomic E-state index is 11.5. The molecule has 142 heavy (non-hydrogen) atoms. The minimum absolute atomic E-state index is 0.00884. The number of carbonyl (C=O) groups excluding carboxylic acids is 6. The summed E-state index contributed by atoms with van der Waals surface area (Å²) < 4.78 is 27.5. The van der Waals surface area contributed by atoms with Gasteiger partial charge in [0.15, 0.2) is 33.2 Å². The number of H-pyrrole nitrogens is 5. The number of carbonyl (C=O) groups is 6. The minimum Gasteiger partial charge on any atom is -0.468 e. The van der Waals surface area contributed by atoms with E-state index >= 15 is 0 Å². The number of amides is 1. The van der Waals surface area contributed by atoms with E-state index in [1.807, 2.05) is 114 Å². The van der Waals surface area contributed by atoms with Gasteiger partial charge in [0.2, 0.25) is 17.8 Å². The number of ketones is 4. The Labute approximate surface area is 856 Å². The molecule has 0 bridgehead atoms. The van der Waals surface area contributed by atoms with Crippen molar-refractivity contribution in [3.63, 3.8) is 0 Å². The number of anilines is 5. The summed E-state index contributed by atoms with van der Waals surface area (Å²) in [5.41, 5.74) is 4.73. The molecule has 0 spiro atoms. The van der Waals surface area contributed by atoms with Gasteiger partial charge in [0.05, 0.1) is 31.5 Å². The van der Waals surface area contributed by atoms with Crippen LogP contribution in [0.3, 0.4) is 0 Å². The van der Waals surface area contributed by atoms with Crippen LogP contribution in [0.2, 0.25) is 0 Å². The van der Waals surface area contributed by atoms with E-state index in [-0.39, 0.29) is 131 Å². The van der Waals surface area contributed by atoms with Gasteiger partial charge in [0.1, 0.15) is 47.7 Å². The van der Waals surface area contributed by atoms with Gasteiger partial charge in [-0.3, -0.25) is 44.3 Å². The lowest BCUT2D eigenvalue weighted by Crippen LogP contribution is -2.51. The fraction of sp³-hybridized carbons (Fsp3) is 0.731. The Morgan fingerprint density at radius 1 is 0.507 bits per heavy atom. The summed E-state index contributed by atoms with van der Waals surface area (Å²) in [6.45, 7) is 93.9. The number of rotatable bonds is 25. The van der Waals surface area contributed by atoms with Crippen molar-refractivity contribution < 1.29 is 41.9 Å². The molecule has 2 aliphatic carbocycles. The summed E-state index contributed by atoms with van der Waals surface area (Å²) in [6, 6.07) is 16.2. The van der Waals surface area contributed by atoms with Crippen molar-refractivity contribution in [2.75, 3.05) is 73.2 Å². The molecule has 9 rings (SSSR count). The summed E-state index contributed by atoms with van der Waals surface area (Å²) in [7, 11) is 1.78. The molecule has 2 aromatic carbocycles. The van der Waals surface area contributed by atoms with Gasteiger partial charge in [0, 0.05) is 147 Å². The van der Waals surface area contributed by atoms with Crippen LogP contribution in [0.25, 0.3) is 0 Å². The van der Waals surface area contributed by atoms with Crippen molar-refractivity contribution in [1.29, 1.82) is 0 Å². The van der Waals surface area contributed by atoms with Crippen LogP contribution in [-0.2, 0) is 51.5 Å². The number of aromatic nitrogens is 15. The fourth-order valence-electron chi connectivity index (χ4n) is 11.3. The monoisotopic (exact) mass is 2020 g/mol. The number of tetrazole rings is 1. The molecule has 37 nitrogen and oxygen atoms in total. The molecule has 0 radical (unpaired) electrons. The second-order valence-corrected chi connectivity index (χ2v) is 51.5. The Morgan fingerprint density at radius 3 is 1.32 bits per heavy atom. The number of aryl methyl sites for hydroxylation is 2. The molecule has 17 N–H and O–H groups in total. The first-order chi connectivity index (χ1) is 64.0. The first kappa shape index (κ1) is 137. The average Bonchev–Trinajstić information content (AvgIpc) is 1.65. The number of benzene rings is 2. The molecule has 1 amide bonds.